The van der Waals surface area contributed by atoms with Gasteiger partial charge in [0.1, 0.15) is 6.17 Å². The second kappa shape index (κ2) is 8.20. The minimum atomic E-state index is -0.612. The van der Waals surface area contributed by atoms with Gasteiger partial charge in [-0.25, -0.2) is 4.39 Å². The summed E-state index contributed by atoms with van der Waals surface area (Å²) in [6.07, 6.45) is 3.45. The molecule has 1 fully saturated rings. The maximum absolute atomic E-state index is 12.4. The van der Waals surface area contributed by atoms with E-state index in [2.05, 4.69) is 0 Å². The summed E-state index contributed by atoms with van der Waals surface area (Å²) in [6.45, 7) is 0.240. The molecule has 3 heteroatoms. The van der Waals surface area contributed by atoms with Crippen LogP contribution in [0, 0.1) is 0 Å². The van der Waals surface area contributed by atoms with Crippen LogP contribution in [0.25, 0.3) is 0 Å². The number of aliphatic hydroxyl groups is 1. The lowest BCUT2D eigenvalue weighted by atomic mass is 9.95. The molecule has 96 valence electrons. The fourth-order valence-corrected chi connectivity index (χ4v) is 1.94. The van der Waals surface area contributed by atoms with Crippen LogP contribution < -0.4 is 5.73 Å². The highest BCUT2D eigenvalue weighted by Gasteiger charge is 2.17. The first kappa shape index (κ1) is 14.1. The van der Waals surface area contributed by atoms with Crippen molar-refractivity contribution in [1.29, 1.82) is 0 Å². The van der Waals surface area contributed by atoms with Gasteiger partial charge in [0.15, 0.2) is 0 Å². The van der Waals surface area contributed by atoms with Crippen LogP contribution in [-0.2, 0) is 6.42 Å². The van der Waals surface area contributed by atoms with Crippen LogP contribution in [0.5, 0.6) is 0 Å². The number of halogens is 1. The predicted molar refractivity (Wildman–Crippen MR) is 68.6 cm³/mol. The largest absolute Gasteiger partial charge is 0.396 e. The summed E-state index contributed by atoms with van der Waals surface area (Å²) in [6, 6.07) is 10.1. The van der Waals surface area contributed by atoms with Gasteiger partial charge in [-0.3, -0.25) is 0 Å². The van der Waals surface area contributed by atoms with Gasteiger partial charge in [0.05, 0.1) is 0 Å². The monoisotopic (exact) mass is 239 g/mol. The van der Waals surface area contributed by atoms with Crippen LogP contribution in [0.4, 0.5) is 4.39 Å². The molecule has 1 aliphatic rings. The highest BCUT2D eigenvalue weighted by atomic mass is 19.1. The van der Waals surface area contributed by atoms with Crippen LogP contribution in [-0.4, -0.2) is 23.9 Å². The lowest BCUT2D eigenvalue weighted by molar-refractivity contribution is 0.232. The Kier molecular flexibility index (Phi) is 6.82. The topological polar surface area (TPSA) is 46.2 Å². The zero-order chi connectivity index (χ0) is 12.5. The SMILES string of the molecule is NC1CCCC(F)C1.OCCc1ccccc1. The molecule has 0 spiro atoms. The molecule has 2 rings (SSSR count). The molecule has 0 aromatic heterocycles. The molecule has 3 N–H and O–H groups in total. The van der Waals surface area contributed by atoms with E-state index in [1.54, 1.807) is 0 Å². The zero-order valence-electron chi connectivity index (χ0n) is 10.2. The average molecular weight is 239 g/mol. The molecule has 1 saturated carbocycles. The molecule has 2 atom stereocenters. The molecule has 2 unspecified atom stereocenters. The van der Waals surface area contributed by atoms with Crippen LogP contribution >= 0.6 is 0 Å². The fourth-order valence-electron chi connectivity index (χ4n) is 1.94. The standard InChI is InChI=1S/C8H10O.C6H12FN/c9-7-6-8-4-2-1-3-5-8;7-5-2-1-3-6(8)4-5/h1-5,9H,6-7H2;5-6H,1-4,8H2. The van der Waals surface area contributed by atoms with Crippen LogP contribution in [0.1, 0.15) is 31.2 Å². The van der Waals surface area contributed by atoms with Gasteiger partial charge in [-0.05, 0) is 37.7 Å². The molecule has 0 amide bonds. The molecular formula is C14H22FNO. The molecule has 1 aliphatic carbocycles. The number of hydrogen-bond donors (Lipinski definition) is 2. The number of aliphatic hydroxyl groups excluding tert-OH is 1. The number of benzene rings is 1. The first-order valence-electron chi connectivity index (χ1n) is 6.27. The molecule has 0 radical (unpaired) electrons. The summed E-state index contributed by atoms with van der Waals surface area (Å²) in [7, 11) is 0. The van der Waals surface area contributed by atoms with Crippen molar-refractivity contribution in [1.82, 2.24) is 0 Å². The molecule has 0 saturated heterocycles. The maximum atomic E-state index is 12.4. The molecule has 2 nitrogen and oxygen atoms in total. The van der Waals surface area contributed by atoms with Gasteiger partial charge in [0.2, 0.25) is 0 Å². The normalized spacial score (nSPS) is 23.7. The Morgan fingerprint density at radius 2 is 1.94 bits per heavy atom. The fraction of sp³-hybridized carbons (Fsp3) is 0.571. The van der Waals surface area contributed by atoms with E-state index in [1.807, 2.05) is 30.3 Å². The van der Waals surface area contributed by atoms with Crippen molar-refractivity contribution in [3.63, 3.8) is 0 Å². The molecule has 0 aliphatic heterocycles. The van der Waals surface area contributed by atoms with Gasteiger partial charge in [-0.15, -0.1) is 0 Å². The van der Waals surface area contributed by atoms with Crippen molar-refractivity contribution in [3.8, 4) is 0 Å². The van der Waals surface area contributed by atoms with Gasteiger partial charge in [-0.2, -0.15) is 0 Å². The third-order valence-corrected chi connectivity index (χ3v) is 2.89. The Balaban J connectivity index is 0.000000171. The van der Waals surface area contributed by atoms with E-state index in [1.165, 1.54) is 5.56 Å². The average Bonchev–Trinajstić information content (AvgIpc) is 2.31. The quantitative estimate of drug-likeness (QED) is 0.832. The summed E-state index contributed by atoms with van der Waals surface area (Å²) in [5.41, 5.74) is 6.68. The smallest absolute Gasteiger partial charge is 0.102 e. The highest BCUT2D eigenvalue weighted by Crippen LogP contribution is 2.18. The van der Waals surface area contributed by atoms with E-state index in [0.29, 0.717) is 6.42 Å². The van der Waals surface area contributed by atoms with Crippen molar-refractivity contribution in [2.24, 2.45) is 5.73 Å². The summed E-state index contributed by atoms with van der Waals surface area (Å²) < 4.78 is 12.4. The van der Waals surface area contributed by atoms with Crippen molar-refractivity contribution < 1.29 is 9.50 Å². The Labute approximate surface area is 103 Å². The van der Waals surface area contributed by atoms with E-state index >= 15 is 0 Å². The first-order valence-corrected chi connectivity index (χ1v) is 6.27. The Morgan fingerprint density at radius 3 is 2.41 bits per heavy atom. The van der Waals surface area contributed by atoms with E-state index in [0.717, 1.165) is 25.7 Å². The van der Waals surface area contributed by atoms with Gasteiger partial charge in [-0.1, -0.05) is 30.3 Å². The Morgan fingerprint density at radius 1 is 1.24 bits per heavy atom. The number of rotatable bonds is 2. The van der Waals surface area contributed by atoms with E-state index in [-0.39, 0.29) is 12.6 Å². The summed E-state index contributed by atoms with van der Waals surface area (Å²) in [5, 5.41) is 8.52. The predicted octanol–water partition coefficient (Wildman–Crippen LogP) is 2.45. The van der Waals surface area contributed by atoms with Gasteiger partial charge < -0.3 is 10.8 Å². The van der Waals surface area contributed by atoms with Crippen molar-refractivity contribution >= 4 is 0 Å². The number of hydrogen-bond acceptors (Lipinski definition) is 2. The van der Waals surface area contributed by atoms with Crippen molar-refractivity contribution in [2.75, 3.05) is 6.61 Å². The summed E-state index contributed by atoms with van der Waals surface area (Å²) in [5.74, 6) is 0. The molecule has 1 aromatic carbocycles. The Hall–Kier alpha value is -0.930. The second-order valence-corrected chi connectivity index (χ2v) is 4.48. The van der Waals surface area contributed by atoms with Gasteiger partial charge in [0, 0.05) is 12.6 Å². The third kappa shape index (κ3) is 6.39. The minimum absolute atomic E-state index is 0.138. The van der Waals surface area contributed by atoms with Crippen LogP contribution in [0.3, 0.4) is 0 Å². The van der Waals surface area contributed by atoms with Crippen LogP contribution in [0.15, 0.2) is 30.3 Å². The summed E-state index contributed by atoms with van der Waals surface area (Å²) in [4.78, 5) is 0. The van der Waals surface area contributed by atoms with E-state index in [9.17, 15) is 4.39 Å². The van der Waals surface area contributed by atoms with E-state index < -0.39 is 6.17 Å². The zero-order valence-corrected chi connectivity index (χ0v) is 10.2. The van der Waals surface area contributed by atoms with Crippen molar-refractivity contribution in [3.05, 3.63) is 35.9 Å². The number of nitrogens with two attached hydrogens (primary N) is 1. The van der Waals surface area contributed by atoms with Gasteiger partial charge >= 0.3 is 0 Å². The molecule has 17 heavy (non-hydrogen) atoms. The van der Waals surface area contributed by atoms with E-state index in [4.69, 9.17) is 10.8 Å². The molecule has 0 bridgehead atoms. The minimum Gasteiger partial charge on any atom is -0.396 e. The van der Waals surface area contributed by atoms with Crippen LogP contribution in [0.2, 0.25) is 0 Å². The Bertz CT molecular complexity index is 284. The maximum Gasteiger partial charge on any atom is 0.102 e. The second-order valence-electron chi connectivity index (χ2n) is 4.48. The molecular weight excluding hydrogens is 217 g/mol. The van der Waals surface area contributed by atoms with Crippen molar-refractivity contribution in [2.45, 2.75) is 44.3 Å². The van der Waals surface area contributed by atoms with Gasteiger partial charge in [0.25, 0.3) is 0 Å². The molecule has 0 heterocycles. The first-order chi connectivity index (χ1) is 8.22. The number of alkyl halides is 1. The summed E-state index contributed by atoms with van der Waals surface area (Å²) >= 11 is 0. The third-order valence-electron chi connectivity index (χ3n) is 2.89. The highest BCUT2D eigenvalue weighted by molar-refractivity contribution is 5.14. The lowest BCUT2D eigenvalue weighted by Crippen LogP contribution is -2.28. The molecule has 1 aromatic rings. The lowest BCUT2D eigenvalue weighted by Gasteiger charge is -2.19.